The van der Waals surface area contributed by atoms with Crippen LogP contribution >= 0.6 is 0 Å². The molecule has 0 bridgehead atoms. The fourth-order valence-corrected chi connectivity index (χ4v) is 3.19. The molecule has 1 aliphatic rings. The molecule has 22 heavy (non-hydrogen) atoms. The van der Waals surface area contributed by atoms with Crippen molar-refractivity contribution in [3.05, 3.63) is 0 Å². The van der Waals surface area contributed by atoms with Crippen LogP contribution in [0.2, 0.25) is 18.1 Å². The maximum atomic E-state index is 12.3. The van der Waals surface area contributed by atoms with Gasteiger partial charge in [-0.2, -0.15) is 0 Å². The van der Waals surface area contributed by atoms with Gasteiger partial charge < -0.3 is 14.3 Å². The van der Waals surface area contributed by atoms with E-state index in [1.807, 2.05) is 20.8 Å². The molecule has 1 heterocycles. The molecule has 0 radical (unpaired) electrons. The molecular formula is C16H33NO4Si. The molecule has 0 aromatic carbocycles. The number of nitrogens with zero attached hydrogens (tertiary/aromatic N) is 1. The molecule has 0 saturated carbocycles. The molecule has 1 rings (SSSR count). The van der Waals surface area contributed by atoms with Crippen LogP contribution in [0, 0.1) is 0 Å². The third-order valence-corrected chi connectivity index (χ3v) is 9.09. The van der Waals surface area contributed by atoms with E-state index in [2.05, 4.69) is 33.9 Å². The zero-order chi connectivity index (χ0) is 17.3. The molecule has 1 N–H and O–H groups in total. The molecular weight excluding hydrogens is 298 g/mol. The molecule has 0 unspecified atom stereocenters. The third-order valence-electron chi connectivity index (χ3n) is 4.59. The average molecular weight is 332 g/mol. The normalized spacial score (nSPS) is 23.2. The first-order valence-electron chi connectivity index (χ1n) is 8.04. The minimum atomic E-state index is -1.83. The summed E-state index contributed by atoms with van der Waals surface area (Å²) in [6.07, 6.45) is 0.409. The minimum Gasteiger partial charge on any atom is -0.444 e. The Morgan fingerprint density at radius 2 is 1.73 bits per heavy atom. The molecule has 5 nitrogen and oxygen atoms in total. The van der Waals surface area contributed by atoms with Gasteiger partial charge in [0.15, 0.2) is 8.32 Å². The van der Waals surface area contributed by atoms with Crippen LogP contribution in [0.4, 0.5) is 4.79 Å². The highest BCUT2D eigenvalue weighted by Crippen LogP contribution is 2.38. The molecule has 6 heteroatoms. The lowest BCUT2D eigenvalue weighted by Gasteiger charge is -2.49. The lowest BCUT2D eigenvalue weighted by molar-refractivity contribution is -0.0569. The summed E-state index contributed by atoms with van der Waals surface area (Å²) in [7, 11) is -1.83. The van der Waals surface area contributed by atoms with Gasteiger partial charge >= 0.3 is 6.09 Å². The van der Waals surface area contributed by atoms with E-state index in [0.29, 0.717) is 6.61 Å². The standard InChI is InChI=1S/C16H33NO4Si/c1-15(2,3)21-14(19)17-12(10-18)9-13(17)11-20-22(7,8)16(4,5)6/h12-13,18H,9-11H2,1-8H3/t12-,13+/m0/s1. The Labute approximate surface area is 136 Å². The van der Waals surface area contributed by atoms with Crippen molar-refractivity contribution in [2.75, 3.05) is 13.2 Å². The summed E-state index contributed by atoms with van der Waals surface area (Å²) in [5, 5.41) is 9.54. The van der Waals surface area contributed by atoms with E-state index in [1.54, 1.807) is 4.90 Å². The lowest BCUT2D eigenvalue weighted by atomic mass is 9.95. The van der Waals surface area contributed by atoms with Crippen molar-refractivity contribution in [1.29, 1.82) is 0 Å². The second kappa shape index (κ2) is 6.49. The van der Waals surface area contributed by atoms with Crippen LogP contribution in [0.5, 0.6) is 0 Å². The lowest BCUT2D eigenvalue weighted by Crippen LogP contribution is -2.63. The summed E-state index contributed by atoms with van der Waals surface area (Å²) >= 11 is 0. The van der Waals surface area contributed by atoms with Crippen molar-refractivity contribution in [2.45, 2.75) is 83.8 Å². The Morgan fingerprint density at radius 3 is 2.14 bits per heavy atom. The predicted molar refractivity (Wildman–Crippen MR) is 90.5 cm³/mol. The molecule has 1 fully saturated rings. The van der Waals surface area contributed by atoms with Crippen molar-refractivity contribution in [3.8, 4) is 0 Å². The number of ether oxygens (including phenoxy) is 1. The van der Waals surface area contributed by atoms with Gasteiger partial charge in [-0.25, -0.2) is 4.79 Å². The van der Waals surface area contributed by atoms with E-state index < -0.39 is 13.9 Å². The van der Waals surface area contributed by atoms with E-state index >= 15 is 0 Å². The Balaban J connectivity index is 2.66. The number of likely N-dealkylation sites (tertiary alicyclic amines) is 1. The number of hydrogen-bond acceptors (Lipinski definition) is 4. The number of carbonyl (C=O) groups is 1. The Bertz CT molecular complexity index is 398. The fraction of sp³-hybridized carbons (Fsp3) is 0.938. The average Bonchev–Trinajstić information content (AvgIpc) is 2.23. The van der Waals surface area contributed by atoms with Crippen molar-refractivity contribution in [1.82, 2.24) is 4.90 Å². The number of carbonyl (C=O) groups excluding carboxylic acids is 1. The van der Waals surface area contributed by atoms with Crippen LogP contribution in [-0.2, 0) is 9.16 Å². The van der Waals surface area contributed by atoms with Gasteiger partial charge in [-0.15, -0.1) is 0 Å². The predicted octanol–water partition coefficient (Wildman–Crippen LogP) is 3.38. The number of amides is 1. The van der Waals surface area contributed by atoms with Gasteiger partial charge in [0.1, 0.15) is 5.60 Å². The maximum Gasteiger partial charge on any atom is 0.410 e. The van der Waals surface area contributed by atoms with Gasteiger partial charge in [-0.1, -0.05) is 20.8 Å². The Hall–Kier alpha value is -0.593. The summed E-state index contributed by atoms with van der Waals surface area (Å²) in [6.45, 7) is 17.0. The fourth-order valence-electron chi connectivity index (χ4n) is 2.15. The summed E-state index contributed by atoms with van der Waals surface area (Å²) in [5.41, 5.74) is -0.530. The molecule has 0 spiro atoms. The summed E-state index contributed by atoms with van der Waals surface area (Å²) in [5.74, 6) is 0. The van der Waals surface area contributed by atoms with Crippen LogP contribution in [0.1, 0.15) is 48.0 Å². The highest BCUT2D eigenvalue weighted by Gasteiger charge is 2.45. The summed E-state index contributed by atoms with van der Waals surface area (Å²) in [4.78, 5) is 13.9. The van der Waals surface area contributed by atoms with E-state index in [0.717, 1.165) is 6.42 Å². The molecule has 130 valence electrons. The smallest absolute Gasteiger partial charge is 0.410 e. The maximum absolute atomic E-state index is 12.3. The zero-order valence-electron chi connectivity index (χ0n) is 15.4. The largest absolute Gasteiger partial charge is 0.444 e. The SMILES string of the molecule is CC(C)(C)OC(=O)N1[C@H](CO)C[C@@H]1CO[Si](C)(C)C(C)(C)C. The van der Waals surface area contributed by atoms with E-state index in [-0.39, 0.29) is 29.8 Å². The first-order valence-corrected chi connectivity index (χ1v) is 11.0. The van der Waals surface area contributed by atoms with Crippen LogP contribution in [0.25, 0.3) is 0 Å². The summed E-state index contributed by atoms with van der Waals surface area (Å²) in [6, 6.07) is -0.149. The van der Waals surface area contributed by atoms with Gasteiger partial charge in [0.2, 0.25) is 0 Å². The Kier molecular flexibility index (Phi) is 5.74. The number of aliphatic hydroxyl groups excluding tert-OH is 1. The molecule has 2 atom stereocenters. The van der Waals surface area contributed by atoms with Gasteiger partial charge in [0.05, 0.1) is 25.3 Å². The van der Waals surface area contributed by atoms with E-state index in [9.17, 15) is 9.90 Å². The molecule has 0 aliphatic carbocycles. The first-order chi connectivity index (χ1) is 9.78. The van der Waals surface area contributed by atoms with Crippen molar-refractivity contribution >= 4 is 14.4 Å². The molecule has 0 aromatic heterocycles. The number of hydrogen-bond donors (Lipinski definition) is 1. The van der Waals surface area contributed by atoms with Crippen LogP contribution < -0.4 is 0 Å². The topological polar surface area (TPSA) is 59.0 Å². The second-order valence-corrected chi connectivity index (χ2v) is 13.5. The monoisotopic (exact) mass is 331 g/mol. The van der Waals surface area contributed by atoms with Crippen LogP contribution in [0.15, 0.2) is 0 Å². The molecule has 1 saturated heterocycles. The van der Waals surface area contributed by atoms with Crippen molar-refractivity contribution in [2.24, 2.45) is 0 Å². The zero-order valence-corrected chi connectivity index (χ0v) is 16.4. The van der Waals surface area contributed by atoms with Crippen molar-refractivity contribution < 1.29 is 19.1 Å². The highest BCUT2D eigenvalue weighted by atomic mass is 28.4. The van der Waals surface area contributed by atoms with Gasteiger partial charge in [0.25, 0.3) is 0 Å². The van der Waals surface area contributed by atoms with Gasteiger partial charge in [-0.3, -0.25) is 4.90 Å². The number of rotatable bonds is 4. The third kappa shape index (κ3) is 4.70. The van der Waals surface area contributed by atoms with Crippen molar-refractivity contribution in [3.63, 3.8) is 0 Å². The number of aliphatic hydroxyl groups is 1. The van der Waals surface area contributed by atoms with Crippen LogP contribution in [0.3, 0.4) is 0 Å². The van der Waals surface area contributed by atoms with Gasteiger partial charge in [0, 0.05) is 0 Å². The summed E-state index contributed by atoms with van der Waals surface area (Å²) < 4.78 is 11.6. The molecule has 1 amide bonds. The van der Waals surface area contributed by atoms with E-state index in [1.165, 1.54) is 0 Å². The highest BCUT2D eigenvalue weighted by molar-refractivity contribution is 6.74. The van der Waals surface area contributed by atoms with Crippen LogP contribution in [-0.4, -0.2) is 55.3 Å². The Morgan fingerprint density at radius 1 is 1.18 bits per heavy atom. The minimum absolute atomic E-state index is 0.00104. The van der Waals surface area contributed by atoms with Gasteiger partial charge in [-0.05, 0) is 45.3 Å². The molecule has 0 aromatic rings. The quantitative estimate of drug-likeness (QED) is 0.802. The first kappa shape index (κ1) is 19.5. The second-order valence-electron chi connectivity index (χ2n) is 8.68. The molecule has 1 aliphatic heterocycles. The van der Waals surface area contributed by atoms with E-state index in [4.69, 9.17) is 9.16 Å².